The summed E-state index contributed by atoms with van der Waals surface area (Å²) < 4.78 is 62.3. The number of rotatable bonds is 4. The number of phosphoric acid groups is 1. The van der Waals surface area contributed by atoms with Crippen LogP contribution in [0.3, 0.4) is 0 Å². The molecular weight excluding hydrogens is 419 g/mol. The third-order valence-corrected chi connectivity index (χ3v) is 6.16. The summed E-state index contributed by atoms with van der Waals surface area (Å²) in [6.07, 6.45) is -7.66. The van der Waals surface area contributed by atoms with Gasteiger partial charge in [-0.05, 0) is 13.8 Å². The number of nitrogens with zero attached hydrogens (tertiary/aromatic N) is 3. The maximum atomic E-state index is 14.0. The standard InChI is InChI=1S/C14H18F2N5O7P/c1-5(2)27-29(24)25-3-14(12(15)16)8(28-29)7(22)11(26-14)21-4-18-6-9(21)19-13(17)20-10(6)23/h4-5,7-8,11-12,22H,3H2,1-2H3,(H3,17,19,20,23)/t7-,8-,11-,14-,29?/m1/s1. The lowest BCUT2D eigenvalue weighted by atomic mass is 9.96. The van der Waals surface area contributed by atoms with Crippen molar-refractivity contribution in [2.45, 2.75) is 50.4 Å². The Morgan fingerprint density at radius 1 is 1.52 bits per heavy atom. The first kappa shape index (κ1) is 20.3. The van der Waals surface area contributed by atoms with Crippen LogP contribution in [0.4, 0.5) is 14.7 Å². The van der Waals surface area contributed by atoms with E-state index in [4.69, 9.17) is 24.0 Å². The third-order valence-electron chi connectivity index (χ3n) is 4.55. The van der Waals surface area contributed by atoms with E-state index in [0.29, 0.717) is 0 Å². The molecule has 2 aromatic heterocycles. The zero-order valence-corrected chi connectivity index (χ0v) is 16.1. The average molecular weight is 437 g/mol. The fourth-order valence-corrected chi connectivity index (χ4v) is 4.95. The minimum atomic E-state index is -4.22. The maximum Gasteiger partial charge on any atom is 0.475 e. The van der Waals surface area contributed by atoms with Gasteiger partial charge in [0, 0.05) is 0 Å². The number of aromatic nitrogens is 4. The fraction of sp³-hybridized carbons (Fsp3) is 0.643. The van der Waals surface area contributed by atoms with Crippen LogP contribution >= 0.6 is 7.82 Å². The first-order valence-corrected chi connectivity index (χ1v) is 10.00. The summed E-state index contributed by atoms with van der Waals surface area (Å²) in [5.41, 5.74) is 2.21. The first-order chi connectivity index (χ1) is 13.6. The van der Waals surface area contributed by atoms with Crippen molar-refractivity contribution >= 4 is 24.9 Å². The van der Waals surface area contributed by atoms with Gasteiger partial charge >= 0.3 is 7.82 Å². The number of nitrogens with two attached hydrogens (primary N) is 1. The van der Waals surface area contributed by atoms with E-state index in [-0.39, 0.29) is 17.1 Å². The van der Waals surface area contributed by atoms with Gasteiger partial charge in [0.15, 0.2) is 23.0 Å². The molecule has 0 spiro atoms. The monoisotopic (exact) mass is 437 g/mol. The molecule has 29 heavy (non-hydrogen) atoms. The summed E-state index contributed by atoms with van der Waals surface area (Å²) in [5.74, 6) is -0.243. The van der Waals surface area contributed by atoms with Gasteiger partial charge in [-0.3, -0.25) is 27.9 Å². The van der Waals surface area contributed by atoms with Crippen LogP contribution in [-0.2, 0) is 22.9 Å². The molecule has 2 aromatic rings. The van der Waals surface area contributed by atoms with Crippen molar-refractivity contribution in [3.63, 3.8) is 0 Å². The average Bonchev–Trinajstić information content (AvgIpc) is 3.14. The lowest BCUT2D eigenvalue weighted by Crippen LogP contribution is -2.56. The van der Waals surface area contributed by atoms with Gasteiger partial charge in [0.1, 0.15) is 12.2 Å². The molecule has 1 unspecified atom stereocenters. The number of alkyl halides is 2. The number of imidazole rings is 1. The van der Waals surface area contributed by atoms with E-state index in [1.165, 1.54) is 0 Å². The van der Waals surface area contributed by atoms with E-state index in [1.807, 2.05) is 0 Å². The van der Waals surface area contributed by atoms with Gasteiger partial charge in [-0.2, -0.15) is 4.98 Å². The van der Waals surface area contributed by atoms with Crippen LogP contribution in [0, 0.1) is 0 Å². The zero-order chi connectivity index (χ0) is 21.1. The quantitative estimate of drug-likeness (QED) is 0.575. The van der Waals surface area contributed by atoms with Crippen LogP contribution in [0.15, 0.2) is 11.1 Å². The largest absolute Gasteiger partial charge is 0.475 e. The van der Waals surface area contributed by atoms with E-state index < -0.39 is 56.6 Å². The number of halogens is 2. The predicted octanol–water partition coefficient (Wildman–Crippen LogP) is 0.544. The Kier molecular flexibility index (Phi) is 4.76. The Balaban J connectivity index is 1.76. The summed E-state index contributed by atoms with van der Waals surface area (Å²) in [6, 6.07) is 0. The highest BCUT2D eigenvalue weighted by atomic mass is 31.2. The Bertz CT molecular complexity index is 1050. The van der Waals surface area contributed by atoms with Crippen molar-refractivity contribution in [3.8, 4) is 0 Å². The Hall–Kier alpha value is -1.96. The van der Waals surface area contributed by atoms with E-state index >= 15 is 0 Å². The first-order valence-electron chi connectivity index (χ1n) is 8.54. The summed E-state index contributed by atoms with van der Waals surface area (Å²) in [7, 11) is -4.22. The number of nitrogens with one attached hydrogen (secondary N) is 1. The van der Waals surface area contributed by atoms with Gasteiger partial charge in [-0.25, -0.2) is 18.3 Å². The normalized spacial score (nSPS) is 34.9. The highest BCUT2D eigenvalue weighted by molar-refractivity contribution is 7.48. The second-order valence-electron chi connectivity index (χ2n) is 6.93. The van der Waals surface area contributed by atoms with Crippen LogP contribution in [0.25, 0.3) is 11.2 Å². The number of aliphatic hydroxyl groups excluding tert-OH is 1. The molecule has 2 saturated heterocycles. The number of ether oxygens (including phenoxy) is 1. The molecule has 5 atom stereocenters. The second kappa shape index (κ2) is 6.79. The minimum absolute atomic E-state index is 0.0964. The number of nitrogen functional groups attached to an aromatic ring is 1. The van der Waals surface area contributed by atoms with Crippen LogP contribution < -0.4 is 11.3 Å². The summed E-state index contributed by atoms with van der Waals surface area (Å²) in [6.45, 7) is 2.25. The van der Waals surface area contributed by atoms with Crippen molar-refractivity contribution in [2.24, 2.45) is 0 Å². The van der Waals surface area contributed by atoms with E-state index in [0.717, 1.165) is 10.9 Å². The van der Waals surface area contributed by atoms with E-state index in [2.05, 4.69) is 15.0 Å². The van der Waals surface area contributed by atoms with Gasteiger partial charge in [0.05, 0.1) is 19.0 Å². The summed E-state index contributed by atoms with van der Waals surface area (Å²) in [4.78, 5) is 22.0. The van der Waals surface area contributed by atoms with Gasteiger partial charge in [0.2, 0.25) is 5.95 Å². The molecule has 12 nitrogen and oxygen atoms in total. The Morgan fingerprint density at radius 2 is 2.24 bits per heavy atom. The zero-order valence-electron chi connectivity index (χ0n) is 15.2. The number of H-pyrrole nitrogens is 1. The number of fused-ring (bicyclic) bond motifs is 2. The highest BCUT2D eigenvalue weighted by Gasteiger charge is 2.67. The molecule has 0 aliphatic carbocycles. The molecule has 0 amide bonds. The van der Waals surface area contributed by atoms with Crippen LogP contribution in [0.5, 0.6) is 0 Å². The fourth-order valence-electron chi connectivity index (χ4n) is 3.32. The van der Waals surface area contributed by atoms with Gasteiger partial charge in [-0.15, -0.1) is 0 Å². The van der Waals surface area contributed by atoms with Gasteiger partial charge < -0.3 is 15.6 Å². The molecule has 0 saturated carbocycles. The lowest BCUT2D eigenvalue weighted by molar-refractivity contribution is -0.208. The molecule has 4 heterocycles. The molecule has 0 radical (unpaired) electrons. The second-order valence-corrected chi connectivity index (χ2v) is 8.50. The smallest absolute Gasteiger partial charge is 0.386 e. The molecule has 2 aliphatic rings. The number of anilines is 1. The Morgan fingerprint density at radius 3 is 2.90 bits per heavy atom. The molecule has 0 aromatic carbocycles. The lowest BCUT2D eigenvalue weighted by Gasteiger charge is -2.39. The topological polar surface area (TPSA) is 164 Å². The summed E-state index contributed by atoms with van der Waals surface area (Å²) in [5, 5.41) is 10.7. The predicted molar refractivity (Wildman–Crippen MR) is 92.1 cm³/mol. The van der Waals surface area contributed by atoms with Crippen molar-refractivity contribution < 1.29 is 36.8 Å². The number of aromatic amines is 1. The van der Waals surface area contributed by atoms with Gasteiger partial charge in [0.25, 0.3) is 12.0 Å². The number of hydrogen-bond donors (Lipinski definition) is 3. The molecular formula is C14H18F2N5O7P. The summed E-state index contributed by atoms with van der Waals surface area (Å²) >= 11 is 0. The molecule has 160 valence electrons. The molecule has 4 N–H and O–H groups in total. The number of hydrogen-bond acceptors (Lipinski definition) is 10. The minimum Gasteiger partial charge on any atom is -0.386 e. The van der Waals surface area contributed by atoms with Gasteiger partial charge in [-0.1, -0.05) is 0 Å². The molecule has 2 aliphatic heterocycles. The van der Waals surface area contributed by atoms with E-state index in [1.54, 1.807) is 13.8 Å². The SMILES string of the molecule is CC(C)OP1(=O)OC[C@@]2(C(F)F)O[C@@H](n3cnc4c(=O)[nH]c(N)nc43)[C@H](O)[C@H]2O1. The van der Waals surface area contributed by atoms with Crippen molar-refractivity contribution in [1.82, 2.24) is 19.5 Å². The maximum absolute atomic E-state index is 14.0. The van der Waals surface area contributed by atoms with Crippen molar-refractivity contribution in [2.75, 3.05) is 12.3 Å². The van der Waals surface area contributed by atoms with Crippen LogP contribution in [0.1, 0.15) is 20.1 Å². The molecule has 2 fully saturated rings. The van der Waals surface area contributed by atoms with Crippen molar-refractivity contribution in [3.05, 3.63) is 16.7 Å². The highest BCUT2D eigenvalue weighted by Crippen LogP contribution is 2.61. The Labute approximate surface area is 161 Å². The molecule has 15 heteroatoms. The third kappa shape index (κ3) is 3.16. The number of phosphoric ester groups is 1. The molecule has 4 rings (SSSR count). The van der Waals surface area contributed by atoms with Crippen LogP contribution in [-0.4, -0.2) is 61.6 Å². The molecule has 0 bridgehead atoms. The van der Waals surface area contributed by atoms with Crippen LogP contribution in [0.2, 0.25) is 0 Å². The number of aliphatic hydroxyl groups is 1. The van der Waals surface area contributed by atoms with E-state index in [9.17, 15) is 23.2 Å². The van der Waals surface area contributed by atoms with Crippen molar-refractivity contribution in [1.29, 1.82) is 0 Å².